The van der Waals surface area contributed by atoms with Gasteiger partial charge in [-0.1, -0.05) is 5.16 Å². The molecule has 1 rings (SSSR count). The van der Waals surface area contributed by atoms with Gasteiger partial charge in [-0.2, -0.15) is 0 Å². The van der Waals surface area contributed by atoms with Gasteiger partial charge in [0.2, 0.25) is 0 Å². The lowest BCUT2D eigenvalue weighted by molar-refractivity contribution is 0.173. The highest BCUT2D eigenvalue weighted by molar-refractivity contribution is 5.70. The van der Waals surface area contributed by atoms with E-state index in [1.165, 1.54) is 0 Å². The third-order valence-corrected chi connectivity index (χ3v) is 0.480. The zero-order chi connectivity index (χ0) is 4.24. The molecule has 0 bridgehead atoms. The maximum Gasteiger partial charge on any atom is 0.135 e. The zero-order valence-electron chi connectivity index (χ0n) is 3.22. The van der Waals surface area contributed by atoms with E-state index in [1.54, 1.807) is 6.08 Å². The van der Waals surface area contributed by atoms with Crippen molar-refractivity contribution in [1.82, 2.24) is 0 Å². The average molecular weight is 82.1 g/mol. The van der Waals surface area contributed by atoms with E-state index < -0.39 is 0 Å². The molecule has 2 heteroatoms. The molecule has 0 unspecified atom stereocenters. The smallest absolute Gasteiger partial charge is 0.135 e. The predicted molar refractivity (Wildman–Crippen MR) is 22.5 cm³/mol. The van der Waals surface area contributed by atoms with Crippen molar-refractivity contribution in [2.45, 2.75) is 0 Å². The molecule has 2 nitrogen and oxygen atoms in total. The van der Waals surface area contributed by atoms with Gasteiger partial charge in [-0.15, -0.1) is 0 Å². The average Bonchev–Trinajstić information content (AvgIpc) is 1.72. The normalized spacial score (nSPS) is 17.3. The van der Waals surface area contributed by atoms with Crippen LogP contribution in [0.5, 0.6) is 0 Å². The maximum absolute atomic E-state index is 4.50. The topological polar surface area (TPSA) is 21.6 Å². The largest absolute Gasteiger partial charge is 0.391 e. The zero-order valence-corrected chi connectivity index (χ0v) is 3.22. The summed E-state index contributed by atoms with van der Waals surface area (Å²) in [5.74, 6) is 0. The van der Waals surface area contributed by atoms with Crippen molar-refractivity contribution in [3.63, 3.8) is 0 Å². The summed E-state index contributed by atoms with van der Waals surface area (Å²) in [6.45, 7) is 0.590. The van der Waals surface area contributed by atoms with Crippen molar-refractivity contribution >= 4 is 6.21 Å². The van der Waals surface area contributed by atoms with Gasteiger partial charge in [-0.3, -0.25) is 0 Å². The molecule has 0 aromatic rings. The quantitative estimate of drug-likeness (QED) is 0.415. The summed E-state index contributed by atoms with van der Waals surface area (Å²) in [7, 11) is 0. The molecule has 6 heavy (non-hydrogen) atoms. The van der Waals surface area contributed by atoms with Crippen molar-refractivity contribution in [3.05, 3.63) is 12.2 Å². The highest BCUT2D eigenvalue weighted by Gasteiger charge is 1.78. The van der Waals surface area contributed by atoms with Crippen molar-refractivity contribution < 1.29 is 4.84 Å². The second-order valence-corrected chi connectivity index (χ2v) is 0.919. The molecule has 0 fully saturated rings. The van der Waals surface area contributed by atoms with Gasteiger partial charge in [0, 0.05) is 0 Å². The van der Waals surface area contributed by atoms with Gasteiger partial charge in [0.05, 0.1) is 0 Å². The van der Waals surface area contributed by atoms with E-state index in [4.69, 9.17) is 0 Å². The SMILES string of the molecule is [C]1=NOCC=C1. The van der Waals surface area contributed by atoms with Crippen molar-refractivity contribution in [3.8, 4) is 0 Å². The molecule has 0 saturated heterocycles. The first kappa shape index (κ1) is 3.40. The Morgan fingerprint density at radius 1 is 1.83 bits per heavy atom. The Hall–Kier alpha value is -0.790. The summed E-state index contributed by atoms with van der Waals surface area (Å²) in [6, 6.07) is 0. The molecule has 0 spiro atoms. The van der Waals surface area contributed by atoms with Gasteiger partial charge in [0.25, 0.3) is 0 Å². The summed E-state index contributed by atoms with van der Waals surface area (Å²) in [6.07, 6.45) is 6.07. The monoisotopic (exact) mass is 82.0 g/mol. The van der Waals surface area contributed by atoms with Crippen LogP contribution in [0.25, 0.3) is 0 Å². The lowest BCUT2D eigenvalue weighted by Crippen LogP contribution is -1.86. The highest BCUT2D eigenvalue weighted by atomic mass is 16.6. The minimum absolute atomic E-state index is 0.590. The lowest BCUT2D eigenvalue weighted by atomic mass is 10.5. The van der Waals surface area contributed by atoms with E-state index in [9.17, 15) is 0 Å². The Morgan fingerprint density at radius 3 is 3.00 bits per heavy atom. The molecule has 1 aliphatic rings. The molecule has 0 aromatic heterocycles. The van der Waals surface area contributed by atoms with E-state index in [0.29, 0.717) is 6.61 Å². The van der Waals surface area contributed by atoms with E-state index in [1.807, 2.05) is 6.08 Å². The van der Waals surface area contributed by atoms with Crippen molar-refractivity contribution in [2.24, 2.45) is 5.16 Å². The van der Waals surface area contributed by atoms with E-state index >= 15 is 0 Å². The van der Waals surface area contributed by atoms with Gasteiger partial charge in [0.15, 0.2) is 0 Å². The molecule has 1 heterocycles. The Labute approximate surface area is 36.1 Å². The van der Waals surface area contributed by atoms with E-state index in [2.05, 4.69) is 16.2 Å². The van der Waals surface area contributed by atoms with E-state index in [0.717, 1.165) is 0 Å². The molecule has 1 aliphatic heterocycles. The van der Waals surface area contributed by atoms with Crippen LogP contribution < -0.4 is 0 Å². The van der Waals surface area contributed by atoms with Gasteiger partial charge < -0.3 is 4.84 Å². The molecule has 0 aliphatic carbocycles. The van der Waals surface area contributed by atoms with Crippen LogP contribution in [0.1, 0.15) is 0 Å². The van der Waals surface area contributed by atoms with Crippen LogP contribution in [-0.2, 0) is 4.84 Å². The molecule has 0 atom stereocenters. The van der Waals surface area contributed by atoms with E-state index in [-0.39, 0.29) is 0 Å². The number of hydrogen-bond acceptors (Lipinski definition) is 2. The first-order valence-corrected chi connectivity index (χ1v) is 1.73. The Kier molecular flexibility index (Phi) is 0.906. The van der Waals surface area contributed by atoms with Crippen LogP contribution in [-0.4, -0.2) is 12.8 Å². The molecule has 0 N–H and O–H groups in total. The first-order valence-electron chi connectivity index (χ1n) is 1.73. The number of hydrogen-bond donors (Lipinski definition) is 0. The Balaban J connectivity index is 2.46. The molecule has 0 amide bonds. The van der Waals surface area contributed by atoms with Gasteiger partial charge >= 0.3 is 0 Å². The minimum atomic E-state index is 0.590. The van der Waals surface area contributed by atoms with Gasteiger partial charge in [0.1, 0.15) is 12.8 Å². The summed E-state index contributed by atoms with van der Waals surface area (Å²) in [5.41, 5.74) is 0. The van der Waals surface area contributed by atoms with Gasteiger partial charge in [-0.25, -0.2) is 0 Å². The summed E-state index contributed by atoms with van der Waals surface area (Å²) in [5, 5.41) is 3.34. The standard InChI is InChI=1S/C4H4NO/c1-2-4-6-5-3-1/h1-2H,4H2. The maximum atomic E-state index is 4.50. The van der Waals surface area contributed by atoms with Crippen LogP contribution in [0.4, 0.5) is 0 Å². The number of nitrogens with zero attached hydrogens (tertiary/aromatic N) is 1. The van der Waals surface area contributed by atoms with Gasteiger partial charge in [-0.05, 0) is 12.2 Å². The second kappa shape index (κ2) is 1.60. The second-order valence-electron chi connectivity index (χ2n) is 0.919. The molecule has 0 saturated carbocycles. The minimum Gasteiger partial charge on any atom is -0.391 e. The van der Waals surface area contributed by atoms with Crippen LogP contribution in [0.2, 0.25) is 0 Å². The fraction of sp³-hybridized carbons (Fsp3) is 0.250. The Bertz CT molecular complexity index is 73.5. The summed E-state index contributed by atoms with van der Waals surface area (Å²) in [4.78, 5) is 4.50. The fourth-order valence-electron chi connectivity index (χ4n) is 0.249. The van der Waals surface area contributed by atoms with Crippen molar-refractivity contribution in [1.29, 1.82) is 0 Å². The molecular formula is C4H4NO. The fourth-order valence-corrected chi connectivity index (χ4v) is 0.249. The third-order valence-electron chi connectivity index (χ3n) is 0.480. The van der Waals surface area contributed by atoms with Crippen molar-refractivity contribution in [2.75, 3.05) is 6.61 Å². The predicted octanol–water partition coefficient (Wildman–Crippen LogP) is 0.436. The Morgan fingerprint density at radius 2 is 2.83 bits per heavy atom. The van der Waals surface area contributed by atoms with Crippen LogP contribution in [0.3, 0.4) is 0 Å². The molecule has 1 radical (unpaired) electrons. The molecular weight excluding hydrogens is 78.0 g/mol. The summed E-state index contributed by atoms with van der Waals surface area (Å²) >= 11 is 0. The lowest BCUT2D eigenvalue weighted by Gasteiger charge is -1.91. The first-order chi connectivity index (χ1) is 3.00. The molecule has 31 valence electrons. The number of allylic oxidation sites excluding steroid dienone is 1. The van der Waals surface area contributed by atoms with Crippen LogP contribution in [0.15, 0.2) is 17.3 Å². The van der Waals surface area contributed by atoms with Crippen LogP contribution in [0, 0.1) is 0 Å². The third kappa shape index (κ3) is 0.578. The molecule has 0 aromatic carbocycles. The number of rotatable bonds is 0. The highest BCUT2D eigenvalue weighted by Crippen LogP contribution is 1.81. The summed E-state index contributed by atoms with van der Waals surface area (Å²) < 4.78 is 0. The van der Waals surface area contributed by atoms with Crippen LogP contribution >= 0.6 is 0 Å².